The van der Waals surface area contributed by atoms with Crippen LogP contribution in [-0.2, 0) is 38.7 Å². The van der Waals surface area contributed by atoms with Crippen LogP contribution in [0.3, 0.4) is 0 Å². The number of phenolic OH excluding ortho intramolecular Hbond substituents is 1. The van der Waals surface area contributed by atoms with E-state index in [0.29, 0.717) is 0 Å². The molecular formula is C27H28N2O6. The smallest absolute Gasteiger partial charge is 0.410 e. The quantitative estimate of drug-likeness (QED) is 0.435. The maximum absolute atomic E-state index is 12.8. The Labute approximate surface area is 204 Å². The van der Waals surface area contributed by atoms with Crippen LogP contribution in [-0.4, -0.2) is 47.6 Å². The number of hydrogen-bond acceptors (Lipinski definition) is 6. The van der Waals surface area contributed by atoms with E-state index in [1.54, 1.807) is 12.1 Å². The van der Waals surface area contributed by atoms with Gasteiger partial charge < -0.3 is 24.8 Å². The fourth-order valence-corrected chi connectivity index (χ4v) is 3.24. The summed E-state index contributed by atoms with van der Waals surface area (Å²) in [6, 6.07) is 23.7. The van der Waals surface area contributed by atoms with E-state index in [4.69, 9.17) is 9.47 Å². The third-order valence-corrected chi connectivity index (χ3v) is 5.12. The SMILES string of the molecule is CN(CC(=O)NC(Cc1ccc(O)cc1)C(=O)OCc1ccccc1)C(=O)OCc1ccccc1. The average molecular weight is 477 g/mol. The lowest BCUT2D eigenvalue weighted by molar-refractivity contribution is -0.149. The lowest BCUT2D eigenvalue weighted by atomic mass is 10.1. The van der Waals surface area contributed by atoms with E-state index in [9.17, 15) is 19.5 Å². The largest absolute Gasteiger partial charge is 0.508 e. The fourth-order valence-electron chi connectivity index (χ4n) is 3.24. The van der Waals surface area contributed by atoms with Crippen molar-refractivity contribution in [3.63, 3.8) is 0 Å². The molecule has 1 atom stereocenters. The Bertz CT molecular complexity index is 1100. The lowest BCUT2D eigenvalue weighted by Crippen LogP contribution is -2.47. The van der Waals surface area contributed by atoms with Gasteiger partial charge in [-0.15, -0.1) is 0 Å². The minimum atomic E-state index is -0.982. The van der Waals surface area contributed by atoms with Gasteiger partial charge >= 0.3 is 12.1 Å². The van der Waals surface area contributed by atoms with Crippen molar-refractivity contribution in [2.75, 3.05) is 13.6 Å². The van der Waals surface area contributed by atoms with Crippen molar-refractivity contribution in [3.8, 4) is 5.75 Å². The van der Waals surface area contributed by atoms with Gasteiger partial charge in [0.05, 0.1) is 0 Å². The molecule has 0 aliphatic carbocycles. The predicted molar refractivity (Wildman–Crippen MR) is 129 cm³/mol. The van der Waals surface area contributed by atoms with Gasteiger partial charge in [0.15, 0.2) is 0 Å². The molecule has 3 aromatic rings. The lowest BCUT2D eigenvalue weighted by Gasteiger charge is -2.21. The fraction of sp³-hybridized carbons (Fsp3) is 0.222. The van der Waals surface area contributed by atoms with E-state index < -0.39 is 24.0 Å². The molecule has 0 aliphatic rings. The minimum Gasteiger partial charge on any atom is -0.508 e. The Balaban J connectivity index is 1.58. The van der Waals surface area contributed by atoms with Crippen LogP contribution in [0.4, 0.5) is 4.79 Å². The van der Waals surface area contributed by atoms with E-state index in [1.807, 2.05) is 60.7 Å². The zero-order valence-electron chi connectivity index (χ0n) is 19.4. The molecule has 0 spiro atoms. The summed E-state index contributed by atoms with van der Waals surface area (Å²) in [5, 5.41) is 12.2. The summed E-state index contributed by atoms with van der Waals surface area (Å²) in [4.78, 5) is 38.9. The Morgan fingerprint density at radius 1 is 0.800 bits per heavy atom. The first-order chi connectivity index (χ1) is 16.9. The summed E-state index contributed by atoms with van der Waals surface area (Å²) in [6.45, 7) is -0.153. The molecule has 0 fully saturated rings. The number of ether oxygens (including phenoxy) is 2. The molecule has 0 aromatic heterocycles. The van der Waals surface area contributed by atoms with E-state index in [1.165, 1.54) is 19.2 Å². The first kappa shape index (κ1) is 25.3. The van der Waals surface area contributed by atoms with Crippen molar-refractivity contribution >= 4 is 18.0 Å². The van der Waals surface area contributed by atoms with Crippen molar-refractivity contribution in [2.45, 2.75) is 25.7 Å². The second-order valence-corrected chi connectivity index (χ2v) is 7.98. The Hall–Kier alpha value is -4.33. The van der Waals surface area contributed by atoms with Crippen molar-refractivity contribution < 1.29 is 29.0 Å². The number of carbonyl (C=O) groups is 3. The van der Waals surface area contributed by atoms with Gasteiger partial charge in [0.1, 0.15) is 31.5 Å². The number of aromatic hydroxyl groups is 1. The maximum Gasteiger partial charge on any atom is 0.410 e. The van der Waals surface area contributed by atoms with E-state index in [-0.39, 0.29) is 31.9 Å². The average Bonchev–Trinajstić information content (AvgIpc) is 2.87. The zero-order valence-corrected chi connectivity index (χ0v) is 19.4. The highest BCUT2D eigenvalue weighted by atomic mass is 16.6. The minimum absolute atomic E-state index is 0.0628. The standard InChI is InChI=1S/C27H28N2O6/c1-29(27(33)35-19-22-10-6-3-7-11-22)17-25(31)28-24(16-20-12-14-23(30)15-13-20)26(32)34-18-21-8-4-2-5-9-21/h2-15,24,30H,16-19H2,1H3,(H,28,31). The first-order valence-electron chi connectivity index (χ1n) is 11.1. The van der Waals surface area contributed by atoms with E-state index in [2.05, 4.69) is 5.32 Å². The molecule has 0 radical (unpaired) electrons. The number of nitrogens with zero attached hydrogens (tertiary/aromatic N) is 1. The summed E-state index contributed by atoms with van der Waals surface area (Å²) in [5.74, 6) is -1.05. The molecule has 3 aromatic carbocycles. The molecule has 0 aliphatic heterocycles. The maximum atomic E-state index is 12.8. The molecule has 0 bridgehead atoms. The Morgan fingerprint density at radius 2 is 1.34 bits per heavy atom. The van der Waals surface area contributed by atoms with Crippen LogP contribution >= 0.6 is 0 Å². The molecule has 2 N–H and O–H groups in total. The normalized spacial score (nSPS) is 11.2. The van der Waals surface area contributed by atoms with E-state index >= 15 is 0 Å². The highest BCUT2D eigenvalue weighted by Gasteiger charge is 2.24. The molecule has 8 nitrogen and oxygen atoms in total. The molecule has 35 heavy (non-hydrogen) atoms. The highest BCUT2D eigenvalue weighted by Crippen LogP contribution is 2.13. The summed E-state index contributed by atoms with van der Waals surface area (Å²) < 4.78 is 10.6. The number of amides is 2. The number of benzene rings is 3. The summed E-state index contributed by atoms with van der Waals surface area (Å²) >= 11 is 0. The number of likely N-dealkylation sites (N-methyl/N-ethyl adjacent to an activating group) is 1. The second-order valence-electron chi connectivity index (χ2n) is 7.98. The molecule has 0 heterocycles. The van der Waals surface area contributed by atoms with Gasteiger partial charge in [-0.3, -0.25) is 4.79 Å². The summed E-state index contributed by atoms with van der Waals surface area (Å²) in [7, 11) is 1.44. The van der Waals surface area contributed by atoms with Crippen LogP contribution in [0.2, 0.25) is 0 Å². The monoisotopic (exact) mass is 476 g/mol. The number of nitrogens with one attached hydrogen (secondary N) is 1. The highest BCUT2D eigenvalue weighted by molar-refractivity contribution is 5.87. The van der Waals surface area contributed by atoms with E-state index in [0.717, 1.165) is 21.6 Å². The van der Waals surface area contributed by atoms with Gasteiger partial charge in [-0.2, -0.15) is 0 Å². The molecule has 182 valence electrons. The summed E-state index contributed by atoms with van der Waals surface area (Å²) in [6.07, 6.45) is -0.507. The Morgan fingerprint density at radius 3 is 1.91 bits per heavy atom. The second kappa shape index (κ2) is 12.8. The molecule has 2 amide bonds. The van der Waals surface area contributed by atoms with Crippen LogP contribution in [0.15, 0.2) is 84.9 Å². The van der Waals surface area contributed by atoms with Crippen LogP contribution in [0.1, 0.15) is 16.7 Å². The van der Waals surface area contributed by atoms with Gasteiger partial charge in [-0.25, -0.2) is 9.59 Å². The molecule has 8 heteroatoms. The van der Waals surface area contributed by atoms with Crippen LogP contribution < -0.4 is 5.32 Å². The zero-order chi connectivity index (χ0) is 25.0. The van der Waals surface area contributed by atoms with Crippen molar-refractivity contribution in [1.29, 1.82) is 0 Å². The van der Waals surface area contributed by atoms with Crippen LogP contribution in [0, 0.1) is 0 Å². The van der Waals surface area contributed by atoms with Crippen LogP contribution in [0.25, 0.3) is 0 Å². The molecule has 0 saturated heterocycles. The van der Waals surface area contributed by atoms with Crippen molar-refractivity contribution in [1.82, 2.24) is 10.2 Å². The molecule has 1 unspecified atom stereocenters. The van der Waals surface area contributed by atoms with Gasteiger partial charge in [0.25, 0.3) is 0 Å². The predicted octanol–water partition coefficient (Wildman–Crippen LogP) is 3.43. The number of phenols is 1. The molecule has 3 rings (SSSR count). The summed E-state index contributed by atoms with van der Waals surface area (Å²) in [5.41, 5.74) is 2.37. The third-order valence-electron chi connectivity index (χ3n) is 5.12. The number of hydrogen-bond donors (Lipinski definition) is 2. The number of rotatable bonds is 10. The van der Waals surface area contributed by atoms with Crippen molar-refractivity contribution in [3.05, 3.63) is 102 Å². The molecular weight excluding hydrogens is 448 g/mol. The molecule has 0 saturated carbocycles. The first-order valence-corrected chi connectivity index (χ1v) is 11.1. The van der Waals surface area contributed by atoms with Gasteiger partial charge in [0.2, 0.25) is 5.91 Å². The third kappa shape index (κ3) is 8.51. The van der Waals surface area contributed by atoms with Gasteiger partial charge in [0, 0.05) is 13.5 Å². The Kier molecular flexibility index (Phi) is 9.24. The van der Waals surface area contributed by atoms with Crippen LogP contribution in [0.5, 0.6) is 5.75 Å². The number of carbonyl (C=O) groups excluding carboxylic acids is 3. The topological polar surface area (TPSA) is 105 Å². The van der Waals surface area contributed by atoms with Gasteiger partial charge in [-0.1, -0.05) is 72.8 Å². The van der Waals surface area contributed by atoms with Gasteiger partial charge in [-0.05, 0) is 28.8 Å². The number of esters is 1. The van der Waals surface area contributed by atoms with Crippen molar-refractivity contribution in [2.24, 2.45) is 0 Å².